The molecule has 0 radical (unpaired) electrons. The highest BCUT2D eigenvalue weighted by Crippen LogP contribution is 2.23. The van der Waals surface area contributed by atoms with Gasteiger partial charge >= 0.3 is 0 Å². The van der Waals surface area contributed by atoms with Gasteiger partial charge in [0.1, 0.15) is 17.3 Å². The fourth-order valence-corrected chi connectivity index (χ4v) is 2.65. The van der Waals surface area contributed by atoms with E-state index in [0.717, 1.165) is 11.3 Å². The number of aliphatic imine (C=N–C) groups is 1. The maximum Gasteiger partial charge on any atom is 0.275 e. The van der Waals surface area contributed by atoms with Crippen LogP contribution < -0.4 is 10.1 Å². The second kappa shape index (κ2) is 7.56. The summed E-state index contributed by atoms with van der Waals surface area (Å²) in [6.07, 6.45) is 2.37. The standard InChI is InChI=1S/C22H24N2O2/c1-22(2,3)17-11-9-16(10-12-17)15-19-21(25)24-20(23-19)13-14-26-18-7-5-4-6-8-18/h4-12,15H,13-14H2,1-3H3,(H,23,24,25)/b19-15+. The molecule has 26 heavy (non-hydrogen) atoms. The Labute approximate surface area is 154 Å². The van der Waals surface area contributed by atoms with E-state index in [9.17, 15) is 4.79 Å². The van der Waals surface area contributed by atoms with Crippen LogP contribution in [0.25, 0.3) is 6.08 Å². The van der Waals surface area contributed by atoms with Crippen LogP contribution in [0.4, 0.5) is 0 Å². The minimum Gasteiger partial charge on any atom is -0.493 e. The highest BCUT2D eigenvalue weighted by molar-refractivity contribution is 6.14. The third-order valence-corrected chi connectivity index (χ3v) is 4.18. The number of para-hydroxylation sites is 1. The molecule has 3 rings (SSSR count). The molecule has 1 N–H and O–H groups in total. The van der Waals surface area contributed by atoms with E-state index in [1.165, 1.54) is 5.56 Å². The van der Waals surface area contributed by atoms with Crippen molar-refractivity contribution in [3.63, 3.8) is 0 Å². The smallest absolute Gasteiger partial charge is 0.275 e. The molecule has 1 amide bonds. The first-order valence-corrected chi connectivity index (χ1v) is 8.81. The number of amides is 1. The van der Waals surface area contributed by atoms with E-state index in [2.05, 4.69) is 43.2 Å². The van der Waals surface area contributed by atoms with E-state index in [4.69, 9.17) is 4.74 Å². The maximum absolute atomic E-state index is 12.1. The van der Waals surface area contributed by atoms with E-state index in [1.807, 2.05) is 48.5 Å². The molecule has 0 saturated carbocycles. The van der Waals surface area contributed by atoms with E-state index in [0.29, 0.717) is 24.6 Å². The van der Waals surface area contributed by atoms with Gasteiger partial charge < -0.3 is 10.1 Å². The van der Waals surface area contributed by atoms with Crippen LogP contribution >= 0.6 is 0 Å². The number of hydrogen-bond acceptors (Lipinski definition) is 3. The number of rotatable bonds is 5. The van der Waals surface area contributed by atoms with Crippen LogP contribution in [0.1, 0.15) is 38.3 Å². The minimum atomic E-state index is -0.167. The second-order valence-electron chi connectivity index (χ2n) is 7.33. The van der Waals surface area contributed by atoms with Gasteiger partial charge in [-0.25, -0.2) is 4.99 Å². The van der Waals surface area contributed by atoms with Crippen molar-refractivity contribution < 1.29 is 9.53 Å². The van der Waals surface area contributed by atoms with Crippen molar-refractivity contribution in [1.29, 1.82) is 0 Å². The van der Waals surface area contributed by atoms with Crippen molar-refractivity contribution in [1.82, 2.24) is 5.32 Å². The van der Waals surface area contributed by atoms with Gasteiger partial charge in [-0.3, -0.25) is 4.79 Å². The summed E-state index contributed by atoms with van der Waals surface area (Å²) in [5.74, 6) is 1.29. The third kappa shape index (κ3) is 4.60. The molecule has 0 bridgehead atoms. The SMILES string of the molecule is CC(C)(C)c1ccc(/C=C2/N=C(CCOc3ccccc3)NC2=O)cc1. The van der Waals surface area contributed by atoms with Gasteiger partial charge in [-0.2, -0.15) is 0 Å². The van der Waals surface area contributed by atoms with E-state index < -0.39 is 0 Å². The van der Waals surface area contributed by atoms with Crippen LogP contribution in [0.5, 0.6) is 5.75 Å². The first-order valence-electron chi connectivity index (χ1n) is 8.81. The van der Waals surface area contributed by atoms with Gasteiger partial charge in [-0.15, -0.1) is 0 Å². The summed E-state index contributed by atoms with van der Waals surface area (Å²) in [5, 5.41) is 2.81. The van der Waals surface area contributed by atoms with Crippen molar-refractivity contribution in [3.05, 3.63) is 71.4 Å². The highest BCUT2D eigenvalue weighted by Gasteiger charge is 2.20. The highest BCUT2D eigenvalue weighted by atomic mass is 16.5. The Kier molecular flexibility index (Phi) is 5.21. The molecule has 1 aliphatic rings. The van der Waals surface area contributed by atoms with Crippen LogP contribution in [-0.4, -0.2) is 18.3 Å². The molecule has 0 saturated heterocycles. The number of hydrogen-bond donors (Lipinski definition) is 1. The fourth-order valence-electron chi connectivity index (χ4n) is 2.65. The van der Waals surface area contributed by atoms with Crippen LogP contribution in [0.3, 0.4) is 0 Å². The zero-order chi connectivity index (χ0) is 18.6. The van der Waals surface area contributed by atoms with Crippen molar-refractivity contribution in [2.75, 3.05) is 6.61 Å². The molecule has 1 heterocycles. The van der Waals surface area contributed by atoms with Crippen molar-refractivity contribution in [2.45, 2.75) is 32.6 Å². The summed E-state index contributed by atoms with van der Waals surface area (Å²) < 4.78 is 5.65. The van der Waals surface area contributed by atoms with Gasteiger partial charge in [-0.05, 0) is 34.8 Å². The van der Waals surface area contributed by atoms with Gasteiger partial charge in [0.2, 0.25) is 0 Å². The van der Waals surface area contributed by atoms with Crippen molar-refractivity contribution >= 4 is 17.8 Å². The summed E-state index contributed by atoms with van der Waals surface area (Å²) in [6, 6.07) is 17.8. The molecular formula is C22H24N2O2. The van der Waals surface area contributed by atoms with Crippen LogP contribution in [-0.2, 0) is 10.2 Å². The van der Waals surface area contributed by atoms with Gasteiger partial charge in [0.05, 0.1) is 6.61 Å². The van der Waals surface area contributed by atoms with Gasteiger partial charge in [0, 0.05) is 6.42 Å². The topological polar surface area (TPSA) is 50.7 Å². The molecule has 0 spiro atoms. The first-order chi connectivity index (χ1) is 12.4. The molecule has 0 aliphatic carbocycles. The largest absolute Gasteiger partial charge is 0.493 e. The lowest BCUT2D eigenvalue weighted by atomic mass is 9.87. The Morgan fingerprint density at radius 3 is 2.38 bits per heavy atom. The number of nitrogens with zero attached hydrogens (tertiary/aromatic N) is 1. The van der Waals surface area contributed by atoms with Gasteiger partial charge in [-0.1, -0.05) is 63.2 Å². The Balaban J connectivity index is 1.63. The molecule has 0 aromatic heterocycles. The average molecular weight is 348 g/mol. The summed E-state index contributed by atoms with van der Waals surface area (Å²) in [7, 11) is 0. The predicted octanol–water partition coefficient (Wildman–Crippen LogP) is 4.32. The number of ether oxygens (including phenoxy) is 1. The predicted molar refractivity (Wildman–Crippen MR) is 105 cm³/mol. The van der Waals surface area contributed by atoms with E-state index in [-0.39, 0.29) is 11.3 Å². The van der Waals surface area contributed by atoms with E-state index >= 15 is 0 Å². The first kappa shape index (κ1) is 17.9. The molecule has 2 aromatic carbocycles. The monoisotopic (exact) mass is 348 g/mol. The number of nitrogens with one attached hydrogen (secondary N) is 1. The second-order valence-corrected chi connectivity index (χ2v) is 7.33. The van der Waals surface area contributed by atoms with E-state index in [1.54, 1.807) is 0 Å². The number of carbonyl (C=O) groups is 1. The summed E-state index contributed by atoms with van der Waals surface area (Å²) in [5.41, 5.74) is 2.77. The summed E-state index contributed by atoms with van der Waals surface area (Å²) in [6.45, 7) is 7.01. The molecule has 134 valence electrons. The zero-order valence-electron chi connectivity index (χ0n) is 15.5. The molecule has 2 aromatic rings. The van der Waals surface area contributed by atoms with Gasteiger partial charge in [0.15, 0.2) is 0 Å². The Bertz CT molecular complexity index is 829. The van der Waals surface area contributed by atoms with Crippen LogP contribution in [0.2, 0.25) is 0 Å². The number of carbonyl (C=O) groups excluding carboxylic acids is 1. The Morgan fingerprint density at radius 1 is 1.04 bits per heavy atom. The zero-order valence-corrected chi connectivity index (χ0v) is 15.5. The molecule has 0 unspecified atom stereocenters. The summed E-state index contributed by atoms with van der Waals surface area (Å²) in [4.78, 5) is 16.5. The Hall–Kier alpha value is -2.88. The lowest BCUT2D eigenvalue weighted by molar-refractivity contribution is -0.115. The molecular weight excluding hydrogens is 324 g/mol. The third-order valence-electron chi connectivity index (χ3n) is 4.18. The van der Waals surface area contributed by atoms with Crippen molar-refractivity contribution in [3.8, 4) is 5.75 Å². The molecule has 1 aliphatic heterocycles. The molecule has 4 nitrogen and oxygen atoms in total. The molecule has 0 fully saturated rings. The quantitative estimate of drug-likeness (QED) is 0.818. The molecule has 0 atom stereocenters. The van der Waals surface area contributed by atoms with Crippen LogP contribution in [0, 0.1) is 0 Å². The number of amidine groups is 1. The minimum absolute atomic E-state index is 0.112. The number of benzene rings is 2. The fraction of sp³-hybridized carbons (Fsp3) is 0.273. The normalized spacial score (nSPS) is 15.7. The average Bonchev–Trinajstić information content (AvgIpc) is 2.95. The maximum atomic E-state index is 12.1. The van der Waals surface area contributed by atoms with Gasteiger partial charge in [0.25, 0.3) is 5.91 Å². The lowest BCUT2D eigenvalue weighted by Gasteiger charge is -2.18. The summed E-state index contributed by atoms with van der Waals surface area (Å²) >= 11 is 0. The lowest BCUT2D eigenvalue weighted by Crippen LogP contribution is -2.25. The van der Waals surface area contributed by atoms with Crippen molar-refractivity contribution in [2.24, 2.45) is 4.99 Å². The molecule has 4 heteroatoms. The van der Waals surface area contributed by atoms with Crippen LogP contribution in [0.15, 0.2) is 65.3 Å². The Morgan fingerprint density at radius 2 is 1.73 bits per heavy atom.